The zero-order chi connectivity index (χ0) is 12.1. The molecule has 0 aliphatic rings. The predicted molar refractivity (Wildman–Crippen MR) is 58.6 cm³/mol. The number of benzene rings is 1. The maximum absolute atomic E-state index is 11.0. The number of amides is 1. The molecule has 2 N–H and O–H groups in total. The number of aliphatic carboxylic acids is 1. The first-order valence-electron chi connectivity index (χ1n) is 4.82. The number of anilines is 1. The first-order valence-corrected chi connectivity index (χ1v) is 4.82. The average molecular weight is 223 g/mol. The van der Waals surface area contributed by atoms with Gasteiger partial charge in [0.25, 0.3) is 0 Å². The van der Waals surface area contributed by atoms with Crippen LogP contribution in [-0.2, 0) is 9.59 Å². The Morgan fingerprint density at radius 1 is 1.44 bits per heavy atom. The topological polar surface area (TPSA) is 75.6 Å². The Balaban J connectivity index is 2.94. The van der Waals surface area contributed by atoms with E-state index >= 15 is 0 Å². The SMILES string of the molecule is CCOc1cc(C)ccc1NC(=O)C(=O)O. The summed E-state index contributed by atoms with van der Waals surface area (Å²) in [5, 5.41) is 10.7. The lowest BCUT2D eigenvalue weighted by Crippen LogP contribution is -2.22. The molecule has 0 unspecified atom stereocenters. The van der Waals surface area contributed by atoms with Crippen LogP contribution in [0.3, 0.4) is 0 Å². The number of hydrogen-bond acceptors (Lipinski definition) is 3. The van der Waals surface area contributed by atoms with Crippen LogP contribution in [0.5, 0.6) is 5.75 Å². The number of carbonyl (C=O) groups is 2. The number of carboxylic acid groups (broad SMARTS) is 1. The van der Waals surface area contributed by atoms with Crippen molar-refractivity contribution in [2.45, 2.75) is 13.8 Å². The molecule has 0 aliphatic heterocycles. The summed E-state index contributed by atoms with van der Waals surface area (Å²) in [5.41, 5.74) is 1.33. The lowest BCUT2D eigenvalue weighted by molar-refractivity contribution is -0.147. The Morgan fingerprint density at radius 3 is 2.69 bits per heavy atom. The van der Waals surface area contributed by atoms with E-state index in [2.05, 4.69) is 5.32 Å². The molecule has 0 heterocycles. The number of nitrogens with one attached hydrogen (secondary N) is 1. The van der Waals surface area contributed by atoms with Crippen LogP contribution in [0.1, 0.15) is 12.5 Å². The fourth-order valence-corrected chi connectivity index (χ4v) is 1.18. The van der Waals surface area contributed by atoms with Crippen LogP contribution in [0.15, 0.2) is 18.2 Å². The van der Waals surface area contributed by atoms with Crippen molar-refractivity contribution < 1.29 is 19.4 Å². The molecule has 1 aromatic carbocycles. The third-order valence-electron chi connectivity index (χ3n) is 1.88. The van der Waals surface area contributed by atoms with Crippen LogP contribution in [0, 0.1) is 6.92 Å². The summed E-state index contributed by atoms with van der Waals surface area (Å²) in [6, 6.07) is 5.11. The van der Waals surface area contributed by atoms with Gasteiger partial charge in [0.2, 0.25) is 0 Å². The molecule has 0 spiro atoms. The van der Waals surface area contributed by atoms with Gasteiger partial charge in [-0.2, -0.15) is 0 Å². The van der Waals surface area contributed by atoms with E-state index in [-0.39, 0.29) is 0 Å². The second-order valence-electron chi connectivity index (χ2n) is 3.19. The van der Waals surface area contributed by atoms with Gasteiger partial charge in [0.15, 0.2) is 0 Å². The maximum atomic E-state index is 11.0. The third kappa shape index (κ3) is 2.98. The fraction of sp³-hybridized carbons (Fsp3) is 0.273. The first kappa shape index (κ1) is 12.0. The number of aryl methyl sites for hydroxylation is 1. The van der Waals surface area contributed by atoms with Crippen molar-refractivity contribution >= 4 is 17.6 Å². The van der Waals surface area contributed by atoms with Gasteiger partial charge >= 0.3 is 11.9 Å². The zero-order valence-electron chi connectivity index (χ0n) is 9.11. The molecule has 16 heavy (non-hydrogen) atoms. The van der Waals surface area contributed by atoms with Crippen molar-refractivity contribution in [3.8, 4) is 5.75 Å². The van der Waals surface area contributed by atoms with Crippen LogP contribution < -0.4 is 10.1 Å². The molecule has 0 aromatic heterocycles. The summed E-state index contributed by atoms with van der Waals surface area (Å²) in [4.78, 5) is 21.4. The highest BCUT2D eigenvalue weighted by Gasteiger charge is 2.13. The van der Waals surface area contributed by atoms with Crippen LogP contribution in [0.2, 0.25) is 0 Å². The van der Waals surface area contributed by atoms with E-state index in [0.29, 0.717) is 18.0 Å². The highest BCUT2D eigenvalue weighted by atomic mass is 16.5. The standard InChI is InChI=1S/C11H13NO4/c1-3-16-9-6-7(2)4-5-8(9)12-10(13)11(14)15/h4-6H,3H2,1-2H3,(H,12,13)(H,14,15). The van der Waals surface area contributed by atoms with Crippen molar-refractivity contribution in [3.63, 3.8) is 0 Å². The van der Waals surface area contributed by atoms with Crippen LogP contribution >= 0.6 is 0 Å². The van der Waals surface area contributed by atoms with Gasteiger partial charge in [-0.15, -0.1) is 0 Å². The largest absolute Gasteiger partial charge is 0.492 e. The zero-order valence-corrected chi connectivity index (χ0v) is 9.11. The quantitative estimate of drug-likeness (QED) is 0.760. The number of carboxylic acids is 1. The fourth-order valence-electron chi connectivity index (χ4n) is 1.18. The van der Waals surface area contributed by atoms with Crippen molar-refractivity contribution in [1.29, 1.82) is 0 Å². The summed E-state index contributed by atoms with van der Waals surface area (Å²) >= 11 is 0. The molecule has 0 bridgehead atoms. The molecule has 0 saturated heterocycles. The second kappa shape index (κ2) is 5.16. The predicted octanol–water partition coefficient (Wildman–Crippen LogP) is 1.42. The van der Waals surface area contributed by atoms with Gasteiger partial charge in [-0.3, -0.25) is 4.79 Å². The first-order chi connectivity index (χ1) is 7.54. The van der Waals surface area contributed by atoms with E-state index in [1.165, 1.54) is 0 Å². The molecular formula is C11H13NO4. The molecule has 1 aromatic rings. The van der Waals surface area contributed by atoms with E-state index in [1.807, 2.05) is 13.8 Å². The average Bonchev–Trinajstić information content (AvgIpc) is 2.22. The lowest BCUT2D eigenvalue weighted by atomic mass is 10.2. The van der Waals surface area contributed by atoms with E-state index in [9.17, 15) is 9.59 Å². The summed E-state index contributed by atoms with van der Waals surface area (Å²) in [6.45, 7) is 4.13. The molecule has 86 valence electrons. The Bertz CT molecular complexity index is 414. The van der Waals surface area contributed by atoms with E-state index in [0.717, 1.165) is 5.56 Å². The lowest BCUT2D eigenvalue weighted by Gasteiger charge is -2.10. The Kier molecular flexibility index (Phi) is 3.88. The van der Waals surface area contributed by atoms with E-state index < -0.39 is 11.9 Å². The van der Waals surface area contributed by atoms with Gasteiger partial charge in [0, 0.05) is 0 Å². The molecule has 0 fully saturated rings. The molecule has 0 saturated carbocycles. The van der Waals surface area contributed by atoms with Crippen LogP contribution in [-0.4, -0.2) is 23.6 Å². The van der Waals surface area contributed by atoms with E-state index in [4.69, 9.17) is 9.84 Å². The molecule has 0 radical (unpaired) electrons. The minimum absolute atomic E-state index is 0.361. The summed E-state index contributed by atoms with van der Waals surface area (Å²) in [6.07, 6.45) is 0. The molecule has 1 amide bonds. The smallest absolute Gasteiger partial charge is 0.394 e. The van der Waals surface area contributed by atoms with Gasteiger partial charge in [0.05, 0.1) is 12.3 Å². The number of ether oxygens (including phenoxy) is 1. The Morgan fingerprint density at radius 2 is 2.12 bits per heavy atom. The van der Waals surface area contributed by atoms with Gasteiger partial charge < -0.3 is 15.2 Å². The molecule has 0 aliphatic carbocycles. The number of hydrogen-bond donors (Lipinski definition) is 2. The minimum atomic E-state index is -1.52. The maximum Gasteiger partial charge on any atom is 0.394 e. The van der Waals surface area contributed by atoms with Crippen molar-refractivity contribution in [2.24, 2.45) is 0 Å². The van der Waals surface area contributed by atoms with Gasteiger partial charge in [-0.1, -0.05) is 6.07 Å². The van der Waals surface area contributed by atoms with Crippen molar-refractivity contribution in [2.75, 3.05) is 11.9 Å². The summed E-state index contributed by atoms with van der Waals surface area (Å²) < 4.78 is 5.29. The van der Waals surface area contributed by atoms with Crippen molar-refractivity contribution in [1.82, 2.24) is 0 Å². The number of rotatable bonds is 3. The highest BCUT2D eigenvalue weighted by molar-refractivity contribution is 6.36. The van der Waals surface area contributed by atoms with E-state index in [1.54, 1.807) is 18.2 Å². The Labute approximate surface area is 93.0 Å². The van der Waals surface area contributed by atoms with Crippen molar-refractivity contribution in [3.05, 3.63) is 23.8 Å². The monoisotopic (exact) mass is 223 g/mol. The molecule has 1 rings (SSSR count). The van der Waals surface area contributed by atoms with Gasteiger partial charge in [-0.05, 0) is 31.5 Å². The second-order valence-corrected chi connectivity index (χ2v) is 3.19. The van der Waals surface area contributed by atoms with Gasteiger partial charge in [-0.25, -0.2) is 4.79 Å². The minimum Gasteiger partial charge on any atom is -0.492 e. The molecule has 5 heteroatoms. The Hall–Kier alpha value is -2.04. The summed E-state index contributed by atoms with van der Waals surface area (Å²) in [5.74, 6) is -2.13. The third-order valence-corrected chi connectivity index (χ3v) is 1.88. The summed E-state index contributed by atoms with van der Waals surface area (Å²) in [7, 11) is 0. The molecule has 5 nitrogen and oxygen atoms in total. The van der Waals surface area contributed by atoms with Crippen LogP contribution in [0.25, 0.3) is 0 Å². The number of carbonyl (C=O) groups excluding carboxylic acids is 1. The normalized spacial score (nSPS) is 9.62. The molecule has 0 atom stereocenters. The molecular weight excluding hydrogens is 210 g/mol. The van der Waals surface area contributed by atoms with Crippen LogP contribution in [0.4, 0.5) is 5.69 Å². The highest BCUT2D eigenvalue weighted by Crippen LogP contribution is 2.25. The van der Waals surface area contributed by atoms with Gasteiger partial charge in [0.1, 0.15) is 5.75 Å².